The number of hydrogen-bond acceptors (Lipinski definition) is 4. The molecule has 0 N–H and O–H groups in total. The molecule has 4 aromatic carbocycles. The van der Waals surface area contributed by atoms with E-state index in [1.807, 2.05) is 60.7 Å². The molecule has 0 atom stereocenters. The molecule has 0 bridgehead atoms. The maximum Gasteiger partial charge on any atom is 0.150 e. The van der Waals surface area contributed by atoms with E-state index in [-0.39, 0.29) is 0 Å². The molecule has 0 heterocycles. The van der Waals surface area contributed by atoms with Crippen molar-refractivity contribution in [1.82, 2.24) is 0 Å². The summed E-state index contributed by atoms with van der Waals surface area (Å²) in [6.45, 7) is 0. The molecule has 0 spiro atoms. The maximum atomic E-state index is 11.2. The molecule has 0 saturated carbocycles. The number of nitrogens with zero attached hydrogens (tertiary/aromatic N) is 2. The van der Waals surface area contributed by atoms with Gasteiger partial charge in [0, 0.05) is 11.1 Å². The summed E-state index contributed by atoms with van der Waals surface area (Å²) in [6, 6.07) is 33.6. The van der Waals surface area contributed by atoms with Gasteiger partial charge in [-0.15, -0.1) is 0 Å². The van der Waals surface area contributed by atoms with E-state index < -0.39 is 0 Å². The first-order valence-electron chi connectivity index (χ1n) is 11.2. The molecule has 4 aromatic rings. The predicted molar refractivity (Wildman–Crippen MR) is 140 cm³/mol. The molecule has 0 fully saturated rings. The molecule has 0 aliphatic carbocycles. The normalized spacial score (nSPS) is 11.3. The van der Waals surface area contributed by atoms with Crippen LogP contribution in [0, 0.1) is 22.7 Å². The van der Waals surface area contributed by atoms with Crippen LogP contribution < -0.4 is 0 Å². The van der Waals surface area contributed by atoms with Crippen LogP contribution in [0.3, 0.4) is 0 Å². The third-order valence-electron chi connectivity index (χ3n) is 5.78. The highest BCUT2D eigenvalue weighted by Gasteiger charge is 2.09. The summed E-state index contributed by atoms with van der Waals surface area (Å²) < 4.78 is 0. The van der Waals surface area contributed by atoms with Crippen molar-refractivity contribution < 1.29 is 9.59 Å². The van der Waals surface area contributed by atoms with Gasteiger partial charge in [0.1, 0.15) is 12.6 Å². The second-order valence-electron chi connectivity index (χ2n) is 8.02. The van der Waals surface area contributed by atoms with Crippen LogP contribution in [0.25, 0.3) is 11.1 Å². The Hall–Kier alpha value is -5.32. The fourth-order valence-corrected chi connectivity index (χ4v) is 3.82. The van der Waals surface area contributed by atoms with Gasteiger partial charge in [0.2, 0.25) is 0 Å². The second-order valence-corrected chi connectivity index (χ2v) is 8.02. The van der Waals surface area contributed by atoms with E-state index >= 15 is 0 Å². The molecule has 0 radical (unpaired) electrons. The van der Waals surface area contributed by atoms with E-state index in [1.165, 1.54) is 0 Å². The van der Waals surface area contributed by atoms with Crippen molar-refractivity contribution in [1.29, 1.82) is 10.5 Å². The number of carbonyl (C=O) groups excluding carboxylic acids is 2. The zero-order valence-corrected chi connectivity index (χ0v) is 19.3. The Balaban J connectivity index is 1.89. The molecule has 170 valence electrons. The molecule has 0 aromatic heterocycles. The highest BCUT2D eigenvalue weighted by molar-refractivity contribution is 5.87. The van der Waals surface area contributed by atoms with Gasteiger partial charge in [0.25, 0.3) is 0 Å². The van der Waals surface area contributed by atoms with Crippen LogP contribution in [0.15, 0.2) is 109 Å². The van der Waals surface area contributed by atoms with Gasteiger partial charge < -0.3 is 0 Å². The minimum Gasteiger partial charge on any atom is -0.298 e. The van der Waals surface area contributed by atoms with Crippen molar-refractivity contribution in [2.75, 3.05) is 0 Å². The molecule has 4 heteroatoms. The van der Waals surface area contributed by atoms with E-state index in [0.717, 1.165) is 46.0 Å². The number of rotatable bonds is 7. The lowest BCUT2D eigenvalue weighted by atomic mass is 9.93. The molecule has 0 aliphatic heterocycles. The smallest absolute Gasteiger partial charge is 0.150 e. The quantitative estimate of drug-likeness (QED) is 0.227. The van der Waals surface area contributed by atoms with Crippen LogP contribution in [0.2, 0.25) is 0 Å². The average molecular weight is 465 g/mol. The Kier molecular flexibility index (Phi) is 7.41. The molecule has 4 nitrogen and oxygen atoms in total. The van der Waals surface area contributed by atoms with Crippen molar-refractivity contribution >= 4 is 23.7 Å². The van der Waals surface area contributed by atoms with Gasteiger partial charge in [-0.1, -0.05) is 84.9 Å². The van der Waals surface area contributed by atoms with Crippen LogP contribution >= 0.6 is 0 Å². The molecule has 36 heavy (non-hydrogen) atoms. The van der Waals surface area contributed by atoms with Gasteiger partial charge >= 0.3 is 0 Å². The van der Waals surface area contributed by atoms with E-state index in [2.05, 4.69) is 12.1 Å². The second kappa shape index (κ2) is 11.2. The number of aldehydes is 2. The Bertz CT molecular complexity index is 1410. The van der Waals surface area contributed by atoms with Crippen molar-refractivity contribution in [3.63, 3.8) is 0 Å². The van der Waals surface area contributed by atoms with E-state index in [4.69, 9.17) is 0 Å². The van der Waals surface area contributed by atoms with Crippen molar-refractivity contribution in [3.05, 3.63) is 154 Å². The SMILES string of the molecule is N#Cc1ccc(/C(=C\C=C(/c2ccc(C#N)cc2)c2ccc(C=O)cc2)c2ccc(C=O)cc2)cc1. The Morgan fingerprint density at radius 1 is 0.472 bits per heavy atom. The molecular formula is C32H20N2O2. The molecule has 4 rings (SSSR count). The van der Waals surface area contributed by atoms with Gasteiger partial charge in [-0.25, -0.2) is 0 Å². The van der Waals surface area contributed by atoms with E-state index in [1.54, 1.807) is 48.5 Å². The van der Waals surface area contributed by atoms with Gasteiger partial charge in [0.05, 0.1) is 23.3 Å². The molecule has 0 saturated heterocycles. The first kappa shape index (κ1) is 23.8. The van der Waals surface area contributed by atoms with Crippen molar-refractivity contribution in [2.24, 2.45) is 0 Å². The lowest BCUT2D eigenvalue weighted by Crippen LogP contribution is -1.92. The number of nitriles is 2. The third kappa shape index (κ3) is 5.42. The first-order chi connectivity index (χ1) is 17.6. The van der Waals surface area contributed by atoms with Crippen LogP contribution in [0.1, 0.15) is 54.1 Å². The minimum absolute atomic E-state index is 0.568. The Morgan fingerprint density at radius 2 is 0.750 bits per heavy atom. The third-order valence-corrected chi connectivity index (χ3v) is 5.78. The van der Waals surface area contributed by atoms with Gasteiger partial charge in [-0.2, -0.15) is 10.5 Å². The summed E-state index contributed by atoms with van der Waals surface area (Å²) in [6.07, 6.45) is 5.61. The van der Waals surface area contributed by atoms with E-state index in [0.29, 0.717) is 22.3 Å². The maximum absolute atomic E-state index is 11.2. The minimum atomic E-state index is 0.568. The summed E-state index contributed by atoms with van der Waals surface area (Å²) in [5.74, 6) is 0. The standard InChI is InChI=1S/C32H20N2O2/c33-19-23-1-9-27(10-2-23)31(29-13-5-25(21-35)6-14-29)17-18-32(28-11-3-24(20-34)4-12-28)30-15-7-26(22-36)8-16-30/h1-18,21-22H/b31-17+,32-18+. The van der Waals surface area contributed by atoms with Crippen LogP contribution in [0.5, 0.6) is 0 Å². The molecule has 0 unspecified atom stereocenters. The molecule has 0 amide bonds. The number of benzene rings is 4. The zero-order valence-electron chi connectivity index (χ0n) is 19.3. The summed E-state index contributed by atoms with van der Waals surface area (Å²) in [5, 5.41) is 18.4. The van der Waals surface area contributed by atoms with E-state index in [9.17, 15) is 20.1 Å². The highest BCUT2D eigenvalue weighted by atomic mass is 16.1. The lowest BCUT2D eigenvalue weighted by Gasteiger charge is -2.11. The first-order valence-corrected chi connectivity index (χ1v) is 11.2. The van der Waals surface area contributed by atoms with Crippen molar-refractivity contribution in [3.8, 4) is 12.1 Å². The lowest BCUT2D eigenvalue weighted by molar-refractivity contribution is 0.111. The van der Waals surface area contributed by atoms with Crippen LogP contribution in [-0.4, -0.2) is 12.6 Å². The number of hydrogen-bond donors (Lipinski definition) is 0. The predicted octanol–water partition coefficient (Wildman–Crippen LogP) is 6.62. The summed E-state index contributed by atoms with van der Waals surface area (Å²) in [4.78, 5) is 22.3. The largest absolute Gasteiger partial charge is 0.298 e. The van der Waals surface area contributed by atoms with Gasteiger partial charge in [0.15, 0.2) is 0 Å². The fourth-order valence-electron chi connectivity index (χ4n) is 3.82. The number of carbonyl (C=O) groups is 2. The fraction of sp³-hybridized carbons (Fsp3) is 0. The highest BCUT2D eigenvalue weighted by Crippen LogP contribution is 2.28. The number of allylic oxidation sites excluding steroid dienone is 2. The van der Waals surface area contributed by atoms with Crippen molar-refractivity contribution in [2.45, 2.75) is 0 Å². The topological polar surface area (TPSA) is 81.7 Å². The monoisotopic (exact) mass is 464 g/mol. The van der Waals surface area contributed by atoms with Crippen LogP contribution in [0.4, 0.5) is 0 Å². The van der Waals surface area contributed by atoms with Crippen LogP contribution in [-0.2, 0) is 0 Å². The average Bonchev–Trinajstić information content (AvgIpc) is 2.96. The van der Waals surface area contributed by atoms with Gasteiger partial charge in [-0.05, 0) is 57.7 Å². The summed E-state index contributed by atoms with van der Waals surface area (Å²) >= 11 is 0. The molecule has 0 aliphatic rings. The Morgan fingerprint density at radius 3 is 1.00 bits per heavy atom. The van der Waals surface area contributed by atoms with Gasteiger partial charge in [-0.3, -0.25) is 9.59 Å². The molecular weight excluding hydrogens is 444 g/mol. The summed E-state index contributed by atoms with van der Waals surface area (Å²) in [5.41, 5.74) is 7.79. The zero-order chi connectivity index (χ0) is 25.3. The summed E-state index contributed by atoms with van der Waals surface area (Å²) in [7, 11) is 0. The Labute approximate surface area is 209 Å².